The van der Waals surface area contributed by atoms with E-state index in [9.17, 15) is 9.90 Å². The molecule has 2 unspecified atom stereocenters. The monoisotopic (exact) mass is 344 g/mol. The summed E-state index contributed by atoms with van der Waals surface area (Å²) in [5.74, 6) is 0. The minimum absolute atomic E-state index is 0.149. The normalized spacial score (nSPS) is 20.8. The summed E-state index contributed by atoms with van der Waals surface area (Å²) in [6.07, 6.45) is 5.32. The number of aromatic nitrogens is 1. The predicted octanol–water partition coefficient (Wildman–Crippen LogP) is 2.63. The Morgan fingerprint density at radius 2 is 2.08 bits per heavy atom. The fourth-order valence-electron chi connectivity index (χ4n) is 3.40. The van der Waals surface area contributed by atoms with E-state index in [0.717, 1.165) is 55.4 Å². The number of rotatable bonds is 5. The molecule has 3 rings (SSSR count). The lowest BCUT2D eigenvalue weighted by atomic mass is 9.93. The molecule has 6 nitrogen and oxygen atoms in total. The largest absolute Gasteiger partial charge is 0.391 e. The molecule has 2 aromatic rings. The topological polar surface area (TPSA) is 69.5 Å². The van der Waals surface area contributed by atoms with Crippen molar-refractivity contribution < 1.29 is 9.90 Å². The van der Waals surface area contributed by atoms with Gasteiger partial charge in [-0.1, -0.05) is 12.8 Å². The molecule has 6 heteroatoms. The highest BCUT2D eigenvalue weighted by Gasteiger charge is 2.24. The van der Waals surface area contributed by atoms with Gasteiger partial charge in [0.1, 0.15) is 0 Å². The van der Waals surface area contributed by atoms with Crippen LogP contribution in [0.15, 0.2) is 30.5 Å². The number of hydrogen-bond acceptors (Lipinski definition) is 3. The van der Waals surface area contributed by atoms with Gasteiger partial charge in [-0.3, -0.25) is 0 Å². The summed E-state index contributed by atoms with van der Waals surface area (Å²) < 4.78 is 2.22. The van der Waals surface area contributed by atoms with Crippen molar-refractivity contribution >= 4 is 22.6 Å². The first-order valence-electron chi connectivity index (χ1n) is 9.02. The summed E-state index contributed by atoms with van der Waals surface area (Å²) in [4.78, 5) is 14.4. The lowest BCUT2D eigenvalue weighted by molar-refractivity contribution is 0.0955. The third-order valence-electron chi connectivity index (χ3n) is 4.86. The highest BCUT2D eigenvalue weighted by atomic mass is 16.3. The van der Waals surface area contributed by atoms with Crippen LogP contribution in [0.2, 0.25) is 0 Å². The predicted molar refractivity (Wildman–Crippen MR) is 101 cm³/mol. The van der Waals surface area contributed by atoms with Crippen LogP contribution in [0.3, 0.4) is 0 Å². The van der Waals surface area contributed by atoms with E-state index in [1.807, 2.05) is 18.2 Å². The summed E-state index contributed by atoms with van der Waals surface area (Å²) in [6, 6.07) is 7.61. The van der Waals surface area contributed by atoms with Crippen LogP contribution in [0.1, 0.15) is 25.7 Å². The molecule has 1 heterocycles. The second kappa shape index (κ2) is 7.89. The molecule has 2 amide bonds. The molecule has 2 atom stereocenters. The zero-order chi connectivity index (χ0) is 17.8. The molecular weight excluding hydrogens is 316 g/mol. The van der Waals surface area contributed by atoms with Crippen molar-refractivity contribution in [3.63, 3.8) is 0 Å². The molecule has 1 aliphatic rings. The molecule has 136 valence electrons. The number of aliphatic hydroxyl groups excluding tert-OH is 1. The average Bonchev–Trinajstić information content (AvgIpc) is 2.97. The maximum atomic E-state index is 12.2. The maximum absolute atomic E-state index is 12.2. The van der Waals surface area contributed by atoms with Crippen molar-refractivity contribution in [3.8, 4) is 0 Å². The standard InChI is InChI=1S/C19H28N4O2/c1-22(2)11-12-23-10-9-14-13-15(7-8-17(14)23)20-19(25)21-16-5-3-4-6-18(16)24/h7-10,13,16,18,24H,3-6,11-12H2,1-2H3,(H2,20,21,25). The zero-order valence-electron chi connectivity index (χ0n) is 15.0. The number of carbonyl (C=O) groups is 1. The summed E-state index contributed by atoms with van der Waals surface area (Å²) in [5.41, 5.74) is 1.93. The molecular formula is C19H28N4O2. The number of hydrogen-bond donors (Lipinski definition) is 3. The fourth-order valence-corrected chi connectivity index (χ4v) is 3.40. The van der Waals surface area contributed by atoms with E-state index in [1.165, 1.54) is 0 Å². The van der Waals surface area contributed by atoms with E-state index in [-0.39, 0.29) is 12.1 Å². The van der Waals surface area contributed by atoms with Gasteiger partial charge in [-0.25, -0.2) is 4.79 Å². The van der Waals surface area contributed by atoms with Crippen molar-refractivity contribution in [2.75, 3.05) is 26.0 Å². The number of likely N-dealkylation sites (N-methyl/N-ethyl adjacent to an activating group) is 1. The third-order valence-corrected chi connectivity index (χ3v) is 4.86. The smallest absolute Gasteiger partial charge is 0.319 e. The van der Waals surface area contributed by atoms with Crippen molar-refractivity contribution in [2.24, 2.45) is 0 Å². The van der Waals surface area contributed by atoms with Gasteiger partial charge in [0.25, 0.3) is 0 Å². The van der Waals surface area contributed by atoms with E-state index in [4.69, 9.17) is 0 Å². The molecule has 1 saturated carbocycles. The molecule has 3 N–H and O–H groups in total. The molecule has 1 aromatic heterocycles. The number of nitrogens with zero attached hydrogens (tertiary/aromatic N) is 2. The van der Waals surface area contributed by atoms with Crippen molar-refractivity contribution in [3.05, 3.63) is 30.5 Å². The van der Waals surface area contributed by atoms with Crippen LogP contribution < -0.4 is 10.6 Å². The average molecular weight is 344 g/mol. The summed E-state index contributed by atoms with van der Waals surface area (Å²) >= 11 is 0. The van der Waals surface area contributed by atoms with Crippen molar-refractivity contribution in [2.45, 2.75) is 44.4 Å². The molecule has 1 aliphatic carbocycles. The van der Waals surface area contributed by atoms with Crippen LogP contribution in [-0.2, 0) is 6.54 Å². The Bertz CT molecular complexity index is 725. The van der Waals surface area contributed by atoms with Gasteiger partial charge in [0, 0.05) is 35.9 Å². The lowest BCUT2D eigenvalue weighted by Crippen LogP contribution is -2.46. The minimum Gasteiger partial charge on any atom is -0.391 e. The van der Waals surface area contributed by atoms with Crippen molar-refractivity contribution in [1.29, 1.82) is 0 Å². The Labute approximate surface area is 148 Å². The second-order valence-corrected chi connectivity index (χ2v) is 7.14. The third kappa shape index (κ3) is 4.52. The first-order valence-corrected chi connectivity index (χ1v) is 9.02. The Morgan fingerprint density at radius 1 is 1.28 bits per heavy atom. The van der Waals surface area contributed by atoms with E-state index >= 15 is 0 Å². The molecule has 1 aromatic carbocycles. The van der Waals surface area contributed by atoms with Crippen LogP contribution in [0.4, 0.5) is 10.5 Å². The molecule has 0 bridgehead atoms. The van der Waals surface area contributed by atoms with Gasteiger partial charge in [-0.05, 0) is 51.2 Å². The molecule has 0 radical (unpaired) electrons. The quantitative estimate of drug-likeness (QED) is 0.781. The Hall–Kier alpha value is -2.05. The van der Waals surface area contributed by atoms with E-state index in [0.29, 0.717) is 0 Å². The van der Waals surface area contributed by atoms with E-state index in [2.05, 4.69) is 46.5 Å². The first kappa shape index (κ1) is 17.8. The summed E-state index contributed by atoms with van der Waals surface area (Å²) in [5, 5.41) is 16.8. The summed E-state index contributed by atoms with van der Waals surface area (Å²) in [7, 11) is 4.13. The Kier molecular flexibility index (Phi) is 5.60. The highest BCUT2D eigenvalue weighted by molar-refractivity contribution is 5.93. The number of aliphatic hydroxyl groups is 1. The molecule has 1 fully saturated rings. The van der Waals surface area contributed by atoms with Gasteiger partial charge >= 0.3 is 6.03 Å². The SMILES string of the molecule is CN(C)CCn1ccc2cc(NC(=O)NC3CCCCC3O)ccc21. The van der Waals surface area contributed by atoms with Gasteiger partial charge in [-0.15, -0.1) is 0 Å². The number of carbonyl (C=O) groups excluding carboxylic acids is 1. The zero-order valence-corrected chi connectivity index (χ0v) is 15.0. The molecule has 25 heavy (non-hydrogen) atoms. The Morgan fingerprint density at radius 3 is 2.84 bits per heavy atom. The van der Waals surface area contributed by atoms with Gasteiger partial charge < -0.3 is 25.2 Å². The van der Waals surface area contributed by atoms with Gasteiger partial charge in [0.15, 0.2) is 0 Å². The molecule has 0 saturated heterocycles. The number of anilines is 1. The maximum Gasteiger partial charge on any atom is 0.319 e. The lowest BCUT2D eigenvalue weighted by Gasteiger charge is -2.28. The van der Waals surface area contributed by atoms with Crippen LogP contribution in [-0.4, -0.2) is 53.4 Å². The number of nitrogens with one attached hydrogen (secondary N) is 2. The number of benzene rings is 1. The molecule has 0 aliphatic heterocycles. The summed E-state index contributed by atoms with van der Waals surface area (Å²) in [6.45, 7) is 1.92. The van der Waals surface area contributed by atoms with Crippen molar-refractivity contribution in [1.82, 2.24) is 14.8 Å². The van der Waals surface area contributed by atoms with Gasteiger partial charge in [-0.2, -0.15) is 0 Å². The fraction of sp³-hybridized carbons (Fsp3) is 0.526. The number of fused-ring (bicyclic) bond motifs is 1. The van der Waals surface area contributed by atoms with E-state index in [1.54, 1.807) is 0 Å². The van der Waals surface area contributed by atoms with Crippen LogP contribution in [0, 0.1) is 0 Å². The van der Waals surface area contributed by atoms with E-state index < -0.39 is 6.10 Å². The number of amides is 2. The van der Waals surface area contributed by atoms with Crippen LogP contribution in [0.5, 0.6) is 0 Å². The highest BCUT2D eigenvalue weighted by Crippen LogP contribution is 2.21. The van der Waals surface area contributed by atoms with Gasteiger partial charge in [0.05, 0.1) is 12.1 Å². The van der Waals surface area contributed by atoms with Gasteiger partial charge in [0.2, 0.25) is 0 Å². The van der Waals surface area contributed by atoms with Crippen LogP contribution >= 0.6 is 0 Å². The minimum atomic E-state index is -0.437. The molecule has 0 spiro atoms. The first-order chi connectivity index (χ1) is 12.0. The Balaban J connectivity index is 1.62. The van der Waals surface area contributed by atoms with Crippen LogP contribution in [0.25, 0.3) is 10.9 Å². The number of urea groups is 1. The second-order valence-electron chi connectivity index (χ2n) is 7.14.